The van der Waals surface area contributed by atoms with Crippen LogP contribution in [0.2, 0.25) is 0 Å². The summed E-state index contributed by atoms with van der Waals surface area (Å²) >= 11 is 0. The van der Waals surface area contributed by atoms with Crippen LogP contribution in [0.15, 0.2) is 72.8 Å². The Morgan fingerprint density at radius 3 is 1.67 bits per heavy atom. The summed E-state index contributed by atoms with van der Waals surface area (Å²) in [4.78, 5) is 0. The molecule has 0 nitrogen and oxygen atoms in total. The lowest BCUT2D eigenvalue weighted by Crippen LogP contribution is -1.82. The van der Waals surface area contributed by atoms with Crippen molar-refractivity contribution in [2.24, 2.45) is 0 Å². The molecule has 0 amide bonds. The first-order valence-corrected chi connectivity index (χ1v) is 8.46. The van der Waals surface area contributed by atoms with Crippen LogP contribution in [0.5, 0.6) is 0 Å². The van der Waals surface area contributed by atoms with Gasteiger partial charge in [0, 0.05) is 0 Å². The smallest absolute Gasteiger partial charge is 0.0152 e. The number of aryl methyl sites for hydroxylation is 4. The number of hydrogen-bond donors (Lipinski definition) is 0. The minimum atomic E-state index is 1.33. The topological polar surface area (TPSA) is 0 Å². The van der Waals surface area contributed by atoms with E-state index in [1.807, 2.05) is 0 Å². The Bertz CT molecular complexity index is 951. The third-order valence-corrected chi connectivity index (χ3v) is 4.62. The van der Waals surface area contributed by atoms with Crippen molar-refractivity contribution >= 4 is 21.5 Å². The van der Waals surface area contributed by atoms with E-state index < -0.39 is 0 Å². The fourth-order valence-electron chi connectivity index (χ4n) is 3.02. The molecule has 0 saturated heterocycles. The summed E-state index contributed by atoms with van der Waals surface area (Å²) in [5.41, 5.74) is 5.42. The molecule has 0 N–H and O–H groups in total. The van der Waals surface area contributed by atoms with E-state index in [1.54, 1.807) is 0 Å². The van der Waals surface area contributed by atoms with Gasteiger partial charge in [0.2, 0.25) is 0 Å². The Balaban J connectivity index is 0.000000141. The van der Waals surface area contributed by atoms with Gasteiger partial charge in [-0.05, 0) is 60.4 Å². The van der Waals surface area contributed by atoms with Crippen LogP contribution in [0, 0.1) is 27.7 Å². The van der Waals surface area contributed by atoms with Crippen molar-refractivity contribution in [1.29, 1.82) is 0 Å². The lowest BCUT2D eigenvalue weighted by Gasteiger charge is -2.04. The van der Waals surface area contributed by atoms with Crippen LogP contribution >= 0.6 is 0 Å². The van der Waals surface area contributed by atoms with E-state index in [0.29, 0.717) is 0 Å². The maximum Gasteiger partial charge on any atom is -0.0152 e. The Morgan fingerprint density at radius 1 is 0.500 bits per heavy atom. The molecule has 0 spiro atoms. The number of benzene rings is 4. The van der Waals surface area contributed by atoms with Crippen LogP contribution in [0.1, 0.15) is 22.3 Å². The van der Waals surface area contributed by atoms with E-state index in [-0.39, 0.29) is 0 Å². The molecule has 0 bridgehead atoms. The molecule has 4 aromatic rings. The van der Waals surface area contributed by atoms with Crippen LogP contribution in [0.3, 0.4) is 0 Å². The van der Waals surface area contributed by atoms with Crippen molar-refractivity contribution in [3.05, 3.63) is 95.1 Å². The van der Waals surface area contributed by atoms with Gasteiger partial charge in [0.05, 0.1) is 0 Å². The minimum absolute atomic E-state index is 1.33. The summed E-state index contributed by atoms with van der Waals surface area (Å²) in [7, 11) is 0. The van der Waals surface area contributed by atoms with E-state index in [4.69, 9.17) is 0 Å². The van der Waals surface area contributed by atoms with Gasteiger partial charge >= 0.3 is 0 Å². The van der Waals surface area contributed by atoms with Crippen LogP contribution < -0.4 is 0 Å². The summed E-state index contributed by atoms with van der Waals surface area (Å²) in [5, 5.41) is 5.37. The average molecular weight is 312 g/mol. The van der Waals surface area contributed by atoms with Gasteiger partial charge in [-0.3, -0.25) is 0 Å². The van der Waals surface area contributed by atoms with Crippen molar-refractivity contribution in [3.63, 3.8) is 0 Å². The lowest BCUT2D eigenvalue weighted by molar-refractivity contribution is 1.38. The Labute approximate surface area is 144 Å². The average Bonchev–Trinajstić information content (AvgIpc) is 2.59. The maximum absolute atomic E-state index is 2.22. The molecule has 0 radical (unpaired) electrons. The summed E-state index contributed by atoms with van der Waals surface area (Å²) in [5.74, 6) is 0. The molecule has 0 fully saturated rings. The van der Waals surface area contributed by atoms with Gasteiger partial charge in [-0.15, -0.1) is 0 Å². The normalized spacial score (nSPS) is 10.5. The molecule has 0 aliphatic heterocycles. The lowest BCUT2D eigenvalue weighted by atomic mass is 10.0. The summed E-state index contributed by atoms with van der Waals surface area (Å²) in [6.45, 7) is 8.58. The van der Waals surface area contributed by atoms with Crippen LogP contribution in [0.25, 0.3) is 21.5 Å². The summed E-state index contributed by atoms with van der Waals surface area (Å²) in [6.07, 6.45) is 0. The van der Waals surface area contributed by atoms with Crippen molar-refractivity contribution in [3.8, 4) is 0 Å². The largest absolute Gasteiger partial charge is 0.0616 e. The highest BCUT2D eigenvalue weighted by atomic mass is 14.0. The first-order valence-electron chi connectivity index (χ1n) is 8.46. The van der Waals surface area contributed by atoms with Gasteiger partial charge in [-0.2, -0.15) is 0 Å². The zero-order valence-electron chi connectivity index (χ0n) is 14.9. The first-order chi connectivity index (χ1) is 11.5. The molecule has 0 saturated carbocycles. The molecular formula is C24H24. The highest BCUT2D eigenvalue weighted by Gasteiger charge is 1.97. The standard InChI is InChI=1S/2C12H12/c1-9-3-5-12-8-10(2)4-6-11(12)7-9;1-9-7-8-11-5-3-4-6-12(11)10(9)2/h2*3-8H,1-2H3. The fraction of sp³-hybridized carbons (Fsp3) is 0.167. The zero-order valence-corrected chi connectivity index (χ0v) is 14.9. The van der Waals surface area contributed by atoms with Crippen LogP contribution in [-0.4, -0.2) is 0 Å². The second kappa shape index (κ2) is 6.88. The van der Waals surface area contributed by atoms with Crippen LogP contribution in [0.4, 0.5) is 0 Å². The Hall–Kier alpha value is -2.60. The van der Waals surface area contributed by atoms with Gasteiger partial charge in [0.15, 0.2) is 0 Å². The first kappa shape index (κ1) is 16.3. The molecule has 4 rings (SSSR count). The SMILES string of the molecule is Cc1ccc2cc(C)ccc2c1.Cc1ccc2ccccc2c1C. The predicted octanol–water partition coefficient (Wildman–Crippen LogP) is 6.91. The van der Waals surface area contributed by atoms with Crippen LogP contribution in [-0.2, 0) is 0 Å². The van der Waals surface area contributed by atoms with Gasteiger partial charge in [0.1, 0.15) is 0 Å². The predicted molar refractivity (Wildman–Crippen MR) is 107 cm³/mol. The van der Waals surface area contributed by atoms with E-state index >= 15 is 0 Å². The highest BCUT2D eigenvalue weighted by molar-refractivity contribution is 5.86. The number of fused-ring (bicyclic) bond motifs is 2. The second-order valence-electron chi connectivity index (χ2n) is 6.58. The van der Waals surface area contributed by atoms with Crippen molar-refractivity contribution < 1.29 is 0 Å². The molecule has 24 heavy (non-hydrogen) atoms. The Morgan fingerprint density at radius 2 is 1.04 bits per heavy atom. The second-order valence-corrected chi connectivity index (χ2v) is 6.58. The van der Waals surface area contributed by atoms with Gasteiger partial charge in [-0.25, -0.2) is 0 Å². The minimum Gasteiger partial charge on any atom is -0.0616 e. The van der Waals surface area contributed by atoms with E-state index in [1.165, 1.54) is 43.8 Å². The monoisotopic (exact) mass is 312 g/mol. The van der Waals surface area contributed by atoms with E-state index in [0.717, 1.165) is 0 Å². The molecule has 0 atom stereocenters. The highest BCUT2D eigenvalue weighted by Crippen LogP contribution is 2.20. The summed E-state index contributed by atoms with van der Waals surface area (Å²) < 4.78 is 0. The number of rotatable bonds is 0. The molecule has 4 aromatic carbocycles. The quantitative estimate of drug-likeness (QED) is 0.331. The fourth-order valence-corrected chi connectivity index (χ4v) is 3.02. The zero-order chi connectivity index (χ0) is 17.1. The molecule has 0 aromatic heterocycles. The molecule has 0 heterocycles. The van der Waals surface area contributed by atoms with Crippen molar-refractivity contribution in [2.45, 2.75) is 27.7 Å². The van der Waals surface area contributed by atoms with Gasteiger partial charge in [0.25, 0.3) is 0 Å². The van der Waals surface area contributed by atoms with Crippen molar-refractivity contribution in [2.75, 3.05) is 0 Å². The van der Waals surface area contributed by atoms with E-state index in [2.05, 4.69) is 100 Å². The van der Waals surface area contributed by atoms with Gasteiger partial charge in [-0.1, -0.05) is 83.9 Å². The van der Waals surface area contributed by atoms with E-state index in [9.17, 15) is 0 Å². The van der Waals surface area contributed by atoms with Gasteiger partial charge < -0.3 is 0 Å². The molecule has 0 heteroatoms. The molecule has 120 valence electrons. The third kappa shape index (κ3) is 3.49. The molecular weight excluding hydrogens is 288 g/mol. The maximum atomic E-state index is 2.22. The third-order valence-electron chi connectivity index (χ3n) is 4.62. The van der Waals surface area contributed by atoms with Crippen molar-refractivity contribution in [1.82, 2.24) is 0 Å². The molecule has 0 aliphatic rings. The summed E-state index contributed by atoms with van der Waals surface area (Å²) in [6, 6.07) is 26.0. The molecule has 0 aliphatic carbocycles. The number of hydrogen-bond acceptors (Lipinski definition) is 0. The Kier molecular flexibility index (Phi) is 4.66. The molecule has 0 unspecified atom stereocenters.